The van der Waals surface area contributed by atoms with Crippen molar-refractivity contribution >= 4 is 28.9 Å². The molecule has 0 aliphatic carbocycles. The van der Waals surface area contributed by atoms with Crippen LogP contribution in [0.1, 0.15) is 16.1 Å². The highest BCUT2D eigenvalue weighted by atomic mass is 16.4. The number of hydrogen-bond donors (Lipinski definition) is 2. The van der Waals surface area contributed by atoms with E-state index in [0.29, 0.717) is 11.4 Å². The number of rotatable bonds is 4. The molecule has 0 unspecified atom stereocenters. The van der Waals surface area contributed by atoms with E-state index in [-0.39, 0.29) is 5.56 Å². The molecule has 0 spiro atoms. The van der Waals surface area contributed by atoms with Gasteiger partial charge in [0.15, 0.2) is 0 Å². The average Bonchev–Trinajstić information content (AvgIpc) is 2.55. The summed E-state index contributed by atoms with van der Waals surface area (Å²) in [5, 5.41) is 12.9. The third-order valence-electron chi connectivity index (χ3n) is 2.99. The number of hydrazone groups is 1. The van der Waals surface area contributed by atoms with E-state index in [0.717, 1.165) is 11.0 Å². The Bertz CT molecular complexity index is 844. The molecule has 22 heavy (non-hydrogen) atoms. The van der Waals surface area contributed by atoms with Crippen LogP contribution in [0.5, 0.6) is 0 Å². The second-order valence-corrected chi connectivity index (χ2v) is 4.54. The van der Waals surface area contributed by atoms with Crippen molar-refractivity contribution < 1.29 is 9.90 Å². The molecule has 1 heterocycles. The van der Waals surface area contributed by atoms with Crippen LogP contribution in [0.15, 0.2) is 59.8 Å². The largest absolute Gasteiger partial charge is 0.478 e. The van der Waals surface area contributed by atoms with E-state index in [2.05, 4.69) is 20.5 Å². The van der Waals surface area contributed by atoms with Crippen LogP contribution in [0, 0.1) is 0 Å². The monoisotopic (exact) mass is 292 g/mol. The predicted molar refractivity (Wildman–Crippen MR) is 84.2 cm³/mol. The number of fused-ring (bicyclic) bond motifs is 1. The fourth-order valence-electron chi connectivity index (χ4n) is 1.89. The number of benzene rings is 2. The zero-order valence-electron chi connectivity index (χ0n) is 11.5. The van der Waals surface area contributed by atoms with Gasteiger partial charge in [-0.2, -0.15) is 5.10 Å². The van der Waals surface area contributed by atoms with Crippen molar-refractivity contribution in [3.8, 4) is 0 Å². The van der Waals surface area contributed by atoms with Crippen molar-refractivity contribution in [1.29, 1.82) is 0 Å². The standard InChI is InChI=1S/C16H12N4O2/c21-16(22)11-5-7-12(8-6-11)20-18-10-13-9-17-14-3-1-2-4-15(14)19-13/h1-10,20H,(H,21,22). The summed E-state index contributed by atoms with van der Waals surface area (Å²) in [6, 6.07) is 13.9. The van der Waals surface area contributed by atoms with Gasteiger partial charge in [-0.25, -0.2) is 9.78 Å². The van der Waals surface area contributed by atoms with Crippen molar-refractivity contribution in [3.05, 3.63) is 66.0 Å². The van der Waals surface area contributed by atoms with Crippen molar-refractivity contribution in [2.24, 2.45) is 5.10 Å². The topological polar surface area (TPSA) is 87.5 Å². The van der Waals surface area contributed by atoms with E-state index in [1.165, 1.54) is 12.1 Å². The van der Waals surface area contributed by atoms with Gasteiger partial charge in [-0.15, -0.1) is 0 Å². The van der Waals surface area contributed by atoms with E-state index in [9.17, 15) is 4.79 Å². The summed E-state index contributed by atoms with van der Waals surface area (Å²) in [6.07, 6.45) is 3.20. The second kappa shape index (κ2) is 6.01. The summed E-state index contributed by atoms with van der Waals surface area (Å²) in [6.45, 7) is 0. The lowest BCUT2D eigenvalue weighted by Crippen LogP contribution is -1.97. The van der Waals surface area contributed by atoms with E-state index in [1.807, 2.05) is 24.3 Å². The van der Waals surface area contributed by atoms with Gasteiger partial charge in [0.1, 0.15) is 5.69 Å². The number of para-hydroxylation sites is 2. The molecule has 2 N–H and O–H groups in total. The molecule has 0 atom stereocenters. The maximum Gasteiger partial charge on any atom is 0.335 e. The number of nitrogens with one attached hydrogen (secondary N) is 1. The molecule has 3 rings (SSSR count). The molecule has 0 bridgehead atoms. The van der Waals surface area contributed by atoms with Crippen LogP contribution in [0.4, 0.5) is 5.69 Å². The van der Waals surface area contributed by atoms with Gasteiger partial charge >= 0.3 is 5.97 Å². The highest BCUT2D eigenvalue weighted by Crippen LogP contribution is 2.10. The average molecular weight is 292 g/mol. The van der Waals surface area contributed by atoms with Crippen molar-refractivity contribution in [2.75, 3.05) is 5.43 Å². The maximum absolute atomic E-state index is 10.8. The quantitative estimate of drug-likeness (QED) is 0.570. The number of hydrogen-bond acceptors (Lipinski definition) is 5. The summed E-state index contributed by atoms with van der Waals surface area (Å²) >= 11 is 0. The van der Waals surface area contributed by atoms with E-state index >= 15 is 0 Å². The summed E-state index contributed by atoms with van der Waals surface area (Å²) in [7, 11) is 0. The fraction of sp³-hybridized carbons (Fsp3) is 0. The molecule has 2 aromatic carbocycles. The van der Waals surface area contributed by atoms with Gasteiger partial charge in [0.2, 0.25) is 0 Å². The lowest BCUT2D eigenvalue weighted by atomic mass is 10.2. The van der Waals surface area contributed by atoms with Gasteiger partial charge < -0.3 is 5.11 Å². The van der Waals surface area contributed by atoms with Gasteiger partial charge in [-0.1, -0.05) is 12.1 Å². The summed E-state index contributed by atoms with van der Waals surface area (Å²) < 4.78 is 0. The molecule has 0 aliphatic rings. The Kier molecular flexibility index (Phi) is 3.74. The van der Waals surface area contributed by atoms with Gasteiger partial charge in [0, 0.05) is 0 Å². The molecule has 0 saturated carbocycles. The van der Waals surface area contributed by atoms with Crippen LogP contribution in [-0.2, 0) is 0 Å². The van der Waals surface area contributed by atoms with E-state index in [1.54, 1.807) is 24.5 Å². The highest BCUT2D eigenvalue weighted by molar-refractivity contribution is 5.88. The van der Waals surface area contributed by atoms with Crippen LogP contribution in [0.25, 0.3) is 11.0 Å². The minimum atomic E-state index is -0.957. The third-order valence-corrected chi connectivity index (χ3v) is 2.99. The fourth-order valence-corrected chi connectivity index (χ4v) is 1.89. The minimum Gasteiger partial charge on any atom is -0.478 e. The molecule has 0 saturated heterocycles. The first kappa shape index (κ1) is 13.7. The van der Waals surface area contributed by atoms with Crippen molar-refractivity contribution in [1.82, 2.24) is 9.97 Å². The Morgan fingerprint density at radius 1 is 1.09 bits per heavy atom. The van der Waals surface area contributed by atoms with Crippen molar-refractivity contribution in [2.45, 2.75) is 0 Å². The van der Waals surface area contributed by atoms with Gasteiger partial charge in [-0.3, -0.25) is 10.4 Å². The Morgan fingerprint density at radius 3 is 2.55 bits per heavy atom. The maximum atomic E-state index is 10.8. The van der Waals surface area contributed by atoms with Gasteiger partial charge in [0.05, 0.1) is 34.7 Å². The van der Waals surface area contributed by atoms with Crippen LogP contribution in [-0.4, -0.2) is 27.3 Å². The first-order valence-corrected chi connectivity index (χ1v) is 6.56. The summed E-state index contributed by atoms with van der Waals surface area (Å²) in [5.41, 5.74) is 6.00. The molecular formula is C16H12N4O2. The third kappa shape index (κ3) is 3.06. The number of anilines is 1. The number of nitrogens with zero attached hydrogens (tertiary/aromatic N) is 3. The van der Waals surface area contributed by atoms with Gasteiger partial charge in [0.25, 0.3) is 0 Å². The Hall–Kier alpha value is -3.28. The lowest BCUT2D eigenvalue weighted by Gasteiger charge is -2.01. The van der Waals surface area contributed by atoms with Crippen LogP contribution in [0.2, 0.25) is 0 Å². The summed E-state index contributed by atoms with van der Waals surface area (Å²) in [4.78, 5) is 19.5. The Balaban J connectivity index is 1.71. The number of aromatic carboxylic acids is 1. The minimum absolute atomic E-state index is 0.231. The molecule has 3 aromatic rings. The number of carboxylic acids is 1. The highest BCUT2D eigenvalue weighted by Gasteiger charge is 2.01. The molecule has 0 aliphatic heterocycles. The molecule has 6 nitrogen and oxygen atoms in total. The molecular weight excluding hydrogens is 280 g/mol. The normalized spacial score (nSPS) is 10.9. The first-order valence-electron chi connectivity index (χ1n) is 6.56. The Labute approximate surface area is 126 Å². The molecule has 0 amide bonds. The molecule has 0 fully saturated rings. The number of carboxylic acid groups (broad SMARTS) is 1. The second-order valence-electron chi connectivity index (χ2n) is 4.54. The van der Waals surface area contributed by atoms with Crippen molar-refractivity contribution in [3.63, 3.8) is 0 Å². The van der Waals surface area contributed by atoms with E-state index < -0.39 is 5.97 Å². The number of aromatic nitrogens is 2. The lowest BCUT2D eigenvalue weighted by molar-refractivity contribution is 0.0697. The van der Waals surface area contributed by atoms with Crippen LogP contribution >= 0.6 is 0 Å². The van der Waals surface area contributed by atoms with Gasteiger partial charge in [-0.05, 0) is 36.4 Å². The van der Waals surface area contributed by atoms with E-state index in [4.69, 9.17) is 5.11 Å². The summed E-state index contributed by atoms with van der Waals surface area (Å²) in [5.74, 6) is -0.957. The number of carbonyl (C=O) groups is 1. The predicted octanol–water partition coefficient (Wildman–Crippen LogP) is 2.77. The molecule has 6 heteroatoms. The zero-order valence-corrected chi connectivity index (χ0v) is 11.5. The van der Waals surface area contributed by atoms with Crippen LogP contribution < -0.4 is 5.43 Å². The zero-order chi connectivity index (χ0) is 15.4. The first-order chi connectivity index (χ1) is 10.7. The molecule has 1 aromatic heterocycles. The molecule has 108 valence electrons. The molecule has 0 radical (unpaired) electrons. The SMILES string of the molecule is O=C(O)c1ccc(NN=Cc2cnc3ccccc3n2)cc1. The Morgan fingerprint density at radius 2 is 1.82 bits per heavy atom. The van der Waals surface area contributed by atoms with Crippen LogP contribution in [0.3, 0.4) is 0 Å². The smallest absolute Gasteiger partial charge is 0.335 e.